The van der Waals surface area contributed by atoms with Crippen molar-refractivity contribution in [1.82, 2.24) is 14.0 Å². The van der Waals surface area contributed by atoms with Crippen molar-refractivity contribution in [3.8, 4) is 22.5 Å². The van der Waals surface area contributed by atoms with Gasteiger partial charge in [0.1, 0.15) is 0 Å². The van der Waals surface area contributed by atoms with E-state index in [9.17, 15) is 10.1 Å². The first kappa shape index (κ1) is 15.6. The van der Waals surface area contributed by atoms with Gasteiger partial charge in [0.15, 0.2) is 0 Å². The van der Waals surface area contributed by atoms with E-state index >= 15 is 0 Å². The molecule has 0 aliphatic carbocycles. The molecule has 0 bridgehead atoms. The van der Waals surface area contributed by atoms with E-state index < -0.39 is 4.92 Å². The summed E-state index contributed by atoms with van der Waals surface area (Å²) in [7, 11) is 1.96. The molecule has 0 saturated carbocycles. The second-order valence-electron chi connectivity index (χ2n) is 5.72. The number of rotatable bonds is 3. The number of hydrogen-bond acceptors (Lipinski definition) is 3. The fourth-order valence-electron chi connectivity index (χ4n) is 2.86. The molecule has 25 heavy (non-hydrogen) atoms. The quantitative estimate of drug-likeness (QED) is 0.373. The normalized spacial score (nSPS) is 11.1. The molecule has 2 aromatic heterocycles. The van der Waals surface area contributed by atoms with Crippen LogP contribution in [0.2, 0.25) is 0 Å². The van der Waals surface area contributed by atoms with E-state index in [0.717, 1.165) is 27.1 Å². The van der Waals surface area contributed by atoms with E-state index in [1.807, 2.05) is 58.7 Å². The molecule has 2 heterocycles. The highest BCUT2D eigenvalue weighted by Gasteiger charge is 2.14. The molecule has 0 unspecified atom stereocenters. The predicted octanol–water partition coefficient (Wildman–Crippen LogP) is 4.68. The van der Waals surface area contributed by atoms with Crippen LogP contribution in [0, 0.1) is 10.1 Å². The highest BCUT2D eigenvalue weighted by Crippen LogP contribution is 2.27. The van der Waals surface area contributed by atoms with Crippen LogP contribution >= 0.6 is 15.9 Å². The van der Waals surface area contributed by atoms with Gasteiger partial charge in [-0.05, 0) is 17.7 Å². The first-order valence-corrected chi connectivity index (χ1v) is 8.37. The Balaban J connectivity index is 1.79. The first-order valence-electron chi connectivity index (χ1n) is 7.58. The van der Waals surface area contributed by atoms with Gasteiger partial charge in [0, 0.05) is 41.6 Å². The van der Waals surface area contributed by atoms with Gasteiger partial charge in [-0.3, -0.25) is 14.5 Å². The van der Waals surface area contributed by atoms with Gasteiger partial charge in [-0.1, -0.05) is 40.2 Å². The number of nitro groups is 1. The minimum Gasteiger partial charge on any atom is -0.313 e. The van der Waals surface area contributed by atoms with Crippen LogP contribution in [0.1, 0.15) is 0 Å². The SMILES string of the molecule is Cn1c(-c2ccc(Br)cc2)cn2cc(-c3cccc([N+](=O)[O-])c3)nc12. The van der Waals surface area contributed by atoms with Crippen molar-refractivity contribution >= 4 is 27.4 Å². The molecule has 0 aliphatic rings. The number of hydrogen-bond donors (Lipinski definition) is 0. The third kappa shape index (κ3) is 2.72. The van der Waals surface area contributed by atoms with Crippen LogP contribution in [0.3, 0.4) is 0 Å². The summed E-state index contributed by atoms with van der Waals surface area (Å²) in [6.45, 7) is 0. The van der Waals surface area contributed by atoms with E-state index in [1.165, 1.54) is 12.1 Å². The molecule has 0 amide bonds. The summed E-state index contributed by atoms with van der Waals surface area (Å²) in [4.78, 5) is 15.2. The minimum absolute atomic E-state index is 0.0603. The summed E-state index contributed by atoms with van der Waals surface area (Å²) >= 11 is 3.44. The molecule has 0 spiro atoms. The summed E-state index contributed by atoms with van der Waals surface area (Å²) in [5.41, 5.74) is 3.62. The van der Waals surface area contributed by atoms with Gasteiger partial charge >= 0.3 is 0 Å². The van der Waals surface area contributed by atoms with Crippen LogP contribution in [0.4, 0.5) is 5.69 Å². The molecule has 0 fully saturated rings. The Morgan fingerprint density at radius 1 is 1.08 bits per heavy atom. The number of fused-ring (bicyclic) bond motifs is 1. The number of nitro benzene ring substituents is 1. The third-order valence-corrected chi connectivity index (χ3v) is 4.66. The van der Waals surface area contributed by atoms with E-state index in [0.29, 0.717) is 5.69 Å². The van der Waals surface area contributed by atoms with Crippen molar-refractivity contribution in [3.05, 3.63) is 75.5 Å². The fourth-order valence-corrected chi connectivity index (χ4v) is 3.12. The standard InChI is InChI=1S/C18H13BrN4O2/c1-21-17(12-5-7-14(19)8-6-12)11-22-10-16(20-18(21)22)13-3-2-4-15(9-13)23(24)25/h2-11H,1H3. The molecule has 4 rings (SSSR count). The maximum absolute atomic E-state index is 11.0. The molecule has 0 saturated heterocycles. The zero-order valence-corrected chi connectivity index (χ0v) is 14.8. The average molecular weight is 397 g/mol. The fraction of sp³-hybridized carbons (Fsp3) is 0.0556. The lowest BCUT2D eigenvalue weighted by Gasteiger charge is -2.03. The molecular weight excluding hydrogens is 384 g/mol. The molecule has 2 aromatic carbocycles. The zero-order chi connectivity index (χ0) is 17.6. The molecule has 0 N–H and O–H groups in total. The van der Waals surface area contributed by atoms with E-state index in [4.69, 9.17) is 0 Å². The summed E-state index contributed by atoms with van der Waals surface area (Å²) in [5, 5.41) is 11.0. The Morgan fingerprint density at radius 3 is 2.52 bits per heavy atom. The number of benzene rings is 2. The van der Waals surface area contributed by atoms with Crippen LogP contribution in [0.25, 0.3) is 28.3 Å². The monoisotopic (exact) mass is 396 g/mol. The van der Waals surface area contributed by atoms with Gasteiger partial charge in [-0.25, -0.2) is 4.98 Å². The number of non-ortho nitro benzene ring substituents is 1. The van der Waals surface area contributed by atoms with Crippen molar-refractivity contribution in [2.24, 2.45) is 7.05 Å². The van der Waals surface area contributed by atoms with Gasteiger partial charge in [-0.15, -0.1) is 0 Å². The molecular formula is C18H13BrN4O2. The first-order chi connectivity index (χ1) is 12.0. The van der Waals surface area contributed by atoms with Crippen LogP contribution < -0.4 is 0 Å². The van der Waals surface area contributed by atoms with E-state index in [-0.39, 0.29) is 5.69 Å². The Morgan fingerprint density at radius 2 is 1.84 bits per heavy atom. The lowest BCUT2D eigenvalue weighted by molar-refractivity contribution is -0.384. The smallest absolute Gasteiger partial charge is 0.270 e. The van der Waals surface area contributed by atoms with Crippen molar-refractivity contribution in [2.75, 3.05) is 0 Å². The molecule has 124 valence electrons. The number of imidazole rings is 2. The van der Waals surface area contributed by atoms with Crippen molar-refractivity contribution in [1.29, 1.82) is 0 Å². The van der Waals surface area contributed by atoms with Crippen LogP contribution in [-0.2, 0) is 7.05 Å². The number of aryl methyl sites for hydroxylation is 1. The molecule has 0 atom stereocenters. The minimum atomic E-state index is -0.398. The number of halogens is 1. The maximum atomic E-state index is 11.0. The van der Waals surface area contributed by atoms with Crippen molar-refractivity contribution in [3.63, 3.8) is 0 Å². The van der Waals surface area contributed by atoms with Crippen molar-refractivity contribution in [2.45, 2.75) is 0 Å². The predicted molar refractivity (Wildman–Crippen MR) is 99.4 cm³/mol. The molecule has 4 aromatic rings. The van der Waals surface area contributed by atoms with E-state index in [1.54, 1.807) is 6.07 Å². The topological polar surface area (TPSA) is 65.4 Å². The van der Waals surface area contributed by atoms with E-state index in [2.05, 4.69) is 20.9 Å². The largest absolute Gasteiger partial charge is 0.313 e. The summed E-state index contributed by atoms with van der Waals surface area (Å²) in [5.74, 6) is 0.777. The molecule has 0 aliphatic heterocycles. The Hall–Kier alpha value is -2.93. The molecule has 7 heteroatoms. The van der Waals surface area contributed by atoms with Crippen LogP contribution in [0.5, 0.6) is 0 Å². The summed E-state index contributed by atoms with van der Waals surface area (Å²) in [6.07, 6.45) is 3.89. The maximum Gasteiger partial charge on any atom is 0.270 e. The second-order valence-corrected chi connectivity index (χ2v) is 6.64. The average Bonchev–Trinajstić information content (AvgIpc) is 3.16. The molecule has 6 nitrogen and oxygen atoms in total. The van der Waals surface area contributed by atoms with Gasteiger partial charge in [0.25, 0.3) is 5.69 Å². The van der Waals surface area contributed by atoms with Gasteiger partial charge < -0.3 is 4.57 Å². The zero-order valence-electron chi connectivity index (χ0n) is 13.3. The summed E-state index contributed by atoms with van der Waals surface area (Å²) in [6, 6.07) is 14.6. The summed E-state index contributed by atoms with van der Waals surface area (Å²) < 4.78 is 4.97. The van der Waals surface area contributed by atoms with Gasteiger partial charge in [0.2, 0.25) is 5.78 Å². The number of aromatic nitrogens is 3. The second kappa shape index (κ2) is 5.86. The highest BCUT2D eigenvalue weighted by atomic mass is 79.9. The van der Waals surface area contributed by atoms with Crippen molar-refractivity contribution < 1.29 is 4.92 Å². The Bertz CT molecular complexity index is 1100. The Labute approximate surface area is 151 Å². The van der Waals surface area contributed by atoms with Gasteiger partial charge in [-0.2, -0.15) is 0 Å². The third-order valence-electron chi connectivity index (χ3n) is 4.13. The van der Waals surface area contributed by atoms with Crippen LogP contribution in [0.15, 0.2) is 65.4 Å². The number of nitrogens with zero attached hydrogens (tertiary/aromatic N) is 4. The van der Waals surface area contributed by atoms with Gasteiger partial charge in [0.05, 0.1) is 16.3 Å². The highest BCUT2D eigenvalue weighted by molar-refractivity contribution is 9.10. The lowest BCUT2D eigenvalue weighted by atomic mass is 10.1. The lowest BCUT2D eigenvalue weighted by Crippen LogP contribution is -1.93. The molecule has 0 radical (unpaired) electrons. The Kier molecular flexibility index (Phi) is 3.65. The van der Waals surface area contributed by atoms with Crippen LogP contribution in [-0.4, -0.2) is 18.9 Å².